The lowest BCUT2D eigenvalue weighted by atomic mass is 10.1. The molecule has 1 heterocycles. The second-order valence-electron chi connectivity index (χ2n) is 4.81. The van der Waals surface area contributed by atoms with E-state index in [0.717, 1.165) is 15.6 Å². The second-order valence-corrected chi connectivity index (χ2v) is 7.92. The zero-order valence-electron chi connectivity index (χ0n) is 11.5. The molecule has 1 aromatic heterocycles. The Labute approximate surface area is 128 Å². The van der Waals surface area contributed by atoms with Crippen molar-refractivity contribution in [2.24, 2.45) is 0 Å². The van der Waals surface area contributed by atoms with Crippen molar-refractivity contribution in [2.75, 3.05) is 0 Å². The SMILES string of the molecule is Cc1ccc(CNS(=O)(=O)c2cccc3ccccc23)s1. The van der Waals surface area contributed by atoms with Gasteiger partial charge in [0, 0.05) is 21.7 Å². The minimum atomic E-state index is -3.52. The molecule has 0 radical (unpaired) electrons. The zero-order chi connectivity index (χ0) is 14.9. The van der Waals surface area contributed by atoms with Crippen LogP contribution in [0.4, 0.5) is 0 Å². The Morgan fingerprint density at radius 2 is 1.76 bits per heavy atom. The lowest BCUT2D eigenvalue weighted by molar-refractivity contribution is 0.583. The Morgan fingerprint density at radius 3 is 2.52 bits per heavy atom. The normalized spacial score (nSPS) is 11.9. The summed E-state index contributed by atoms with van der Waals surface area (Å²) in [5, 5.41) is 1.67. The molecule has 108 valence electrons. The minimum absolute atomic E-state index is 0.323. The summed E-state index contributed by atoms with van der Waals surface area (Å²) in [4.78, 5) is 2.51. The highest BCUT2D eigenvalue weighted by Gasteiger charge is 2.16. The fraction of sp³-hybridized carbons (Fsp3) is 0.125. The van der Waals surface area contributed by atoms with Gasteiger partial charge in [0.25, 0.3) is 0 Å². The number of rotatable bonds is 4. The van der Waals surface area contributed by atoms with Gasteiger partial charge in [-0.15, -0.1) is 11.3 Å². The van der Waals surface area contributed by atoms with Crippen molar-refractivity contribution >= 4 is 32.1 Å². The van der Waals surface area contributed by atoms with E-state index in [2.05, 4.69) is 4.72 Å². The molecule has 0 aliphatic carbocycles. The maximum atomic E-state index is 12.5. The van der Waals surface area contributed by atoms with E-state index in [1.54, 1.807) is 23.5 Å². The molecule has 0 spiro atoms. The number of benzene rings is 2. The van der Waals surface area contributed by atoms with E-state index < -0.39 is 10.0 Å². The van der Waals surface area contributed by atoms with Gasteiger partial charge in [-0.25, -0.2) is 13.1 Å². The lowest BCUT2D eigenvalue weighted by Gasteiger charge is -2.08. The van der Waals surface area contributed by atoms with Crippen LogP contribution in [0.5, 0.6) is 0 Å². The fourth-order valence-corrected chi connectivity index (χ4v) is 4.41. The summed E-state index contributed by atoms with van der Waals surface area (Å²) in [6.45, 7) is 2.33. The average molecular weight is 317 g/mol. The number of fused-ring (bicyclic) bond motifs is 1. The molecule has 0 atom stereocenters. The van der Waals surface area contributed by atoms with E-state index in [4.69, 9.17) is 0 Å². The van der Waals surface area contributed by atoms with E-state index in [1.165, 1.54) is 4.88 Å². The number of nitrogens with one attached hydrogen (secondary N) is 1. The van der Waals surface area contributed by atoms with Gasteiger partial charge in [-0.3, -0.25) is 0 Å². The van der Waals surface area contributed by atoms with E-state index in [9.17, 15) is 8.42 Å². The van der Waals surface area contributed by atoms with E-state index in [0.29, 0.717) is 11.4 Å². The number of hydrogen-bond acceptors (Lipinski definition) is 3. The van der Waals surface area contributed by atoms with Crippen LogP contribution in [-0.2, 0) is 16.6 Å². The second kappa shape index (κ2) is 5.60. The molecule has 3 aromatic rings. The summed E-state index contributed by atoms with van der Waals surface area (Å²) in [5.74, 6) is 0. The Kier molecular flexibility index (Phi) is 3.80. The van der Waals surface area contributed by atoms with Gasteiger partial charge in [0.05, 0.1) is 4.90 Å². The number of sulfonamides is 1. The first kappa shape index (κ1) is 14.3. The predicted octanol–water partition coefficient (Wildman–Crippen LogP) is 3.69. The third-order valence-electron chi connectivity index (χ3n) is 3.27. The van der Waals surface area contributed by atoms with Crippen molar-refractivity contribution in [1.29, 1.82) is 0 Å². The van der Waals surface area contributed by atoms with Crippen LogP contribution in [0.1, 0.15) is 9.75 Å². The molecule has 0 amide bonds. The van der Waals surface area contributed by atoms with Crippen LogP contribution in [0.25, 0.3) is 10.8 Å². The van der Waals surface area contributed by atoms with Crippen LogP contribution in [-0.4, -0.2) is 8.42 Å². The zero-order valence-corrected chi connectivity index (χ0v) is 13.2. The summed E-state index contributed by atoms with van der Waals surface area (Å²) in [6, 6.07) is 16.8. The molecule has 21 heavy (non-hydrogen) atoms. The molecule has 3 nitrogen and oxygen atoms in total. The van der Waals surface area contributed by atoms with E-state index in [1.807, 2.05) is 49.4 Å². The third-order valence-corrected chi connectivity index (χ3v) is 5.73. The molecule has 3 rings (SSSR count). The molecular formula is C16H15NO2S2. The molecule has 0 aliphatic rings. The first-order valence-corrected chi connectivity index (χ1v) is 8.89. The van der Waals surface area contributed by atoms with E-state index in [-0.39, 0.29) is 0 Å². The van der Waals surface area contributed by atoms with Crippen LogP contribution in [0.15, 0.2) is 59.5 Å². The molecule has 0 fully saturated rings. The van der Waals surface area contributed by atoms with Gasteiger partial charge in [-0.1, -0.05) is 36.4 Å². The molecule has 0 saturated heterocycles. The Hall–Kier alpha value is -1.69. The third kappa shape index (κ3) is 3.00. The first-order chi connectivity index (χ1) is 10.1. The maximum absolute atomic E-state index is 12.5. The monoisotopic (exact) mass is 317 g/mol. The highest BCUT2D eigenvalue weighted by molar-refractivity contribution is 7.89. The first-order valence-electron chi connectivity index (χ1n) is 6.59. The molecule has 0 unspecified atom stereocenters. The van der Waals surface area contributed by atoms with Gasteiger partial charge in [0.1, 0.15) is 0 Å². The van der Waals surface area contributed by atoms with Crippen LogP contribution in [0, 0.1) is 6.92 Å². The summed E-state index contributed by atoms with van der Waals surface area (Å²) in [6.07, 6.45) is 0. The van der Waals surface area contributed by atoms with Gasteiger partial charge in [0.15, 0.2) is 0 Å². The van der Waals surface area contributed by atoms with Gasteiger partial charge in [-0.05, 0) is 30.5 Å². The Balaban J connectivity index is 1.93. The van der Waals surface area contributed by atoms with E-state index >= 15 is 0 Å². The Morgan fingerprint density at radius 1 is 1.00 bits per heavy atom. The maximum Gasteiger partial charge on any atom is 0.241 e. The number of hydrogen-bond donors (Lipinski definition) is 1. The Bertz CT molecular complexity index is 877. The van der Waals surface area contributed by atoms with Crippen molar-refractivity contribution < 1.29 is 8.42 Å². The quantitative estimate of drug-likeness (QED) is 0.797. The summed E-state index contributed by atoms with van der Waals surface area (Å²) >= 11 is 1.60. The highest BCUT2D eigenvalue weighted by Crippen LogP contribution is 2.23. The molecule has 5 heteroatoms. The van der Waals surface area contributed by atoms with Crippen molar-refractivity contribution in [3.63, 3.8) is 0 Å². The average Bonchev–Trinajstić information content (AvgIpc) is 2.90. The minimum Gasteiger partial charge on any atom is -0.207 e. The molecule has 1 N–H and O–H groups in total. The largest absolute Gasteiger partial charge is 0.241 e. The van der Waals surface area contributed by atoms with Crippen LogP contribution in [0.2, 0.25) is 0 Å². The van der Waals surface area contributed by atoms with Crippen molar-refractivity contribution in [3.05, 3.63) is 64.4 Å². The molecule has 0 aliphatic heterocycles. The highest BCUT2D eigenvalue weighted by atomic mass is 32.2. The molecule has 0 saturated carbocycles. The van der Waals surface area contributed by atoms with Gasteiger partial charge in [-0.2, -0.15) is 0 Å². The molecule has 0 bridgehead atoms. The van der Waals surface area contributed by atoms with Crippen molar-refractivity contribution in [3.8, 4) is 0 Å². The van der Waals surface area contributed by atoms with Crippen LogP contribution in [0.3, 0.4) is 0 Å². The predicted molar refractivity (Wildman–Crippen MR) is 87.0 cm³/mol. The molecular weight excluding hydrogens is 302 g/mol. The lowest BCUT2D eigenvalue weighted by Crippen LogP contribution is -2.23. The number of aryl methyl sites for hydroxylation is 1. The van der Waals surface area contributed by atoms with Crippen LogP contribution >= 0.6 is 11.3 Å². The van der Waals surface area contributed by atoms with Crippen molar-refractivity contribution in [1.82, 2.24) is 4.72 Å². The van der Waals surface area contributed by atoms with Crippen molar-refractivity contribution in [2.45, 2.75) is 18.4 Å². The summed E-state index contributed by atoms with van der Waals surface area (Å²) in [5.41, 5.74) is 0. The number of thiophene rings is 1. The van der Waals surface area contributed by atoms with Gasteiger partial charge >= 0.3 is 0 Å². The summed E-state index contributed by atoms with van der Waals surface area (Å²) < 4.78 is 27.7. The smallest absolute Gasteiger partial charge is 0.207 e. The topological polar surface area (TPSA) is 46.2 Å². The van der Waals surface area contributed by atoms with Gasteiger partial charge < -0.3 is 0 Å². The standard InChI is InChI=1S/C16H15NO2S2/c1-12-9-10-14(20-12)11-17-21(18,19)16-8-4-6-13-5-2-3-7-15(13)16/h2-10,17H,11H2,1H3. The van der Waals surface area contributed by atoms with Gasteiger partial charge in [0.2, 0.25) is 10.0 Å². The summed E-state index contributed by atoms with van der Waals surface area (Å²) in [7, 11) is -3.52. The fourth-order valence-electron chi connectivity index (χ4n) is 2.25. The van der Waals surface area contributed by atoms with Crippen LogP contribution < -0.4 is 4.72 Å². The molecule has 2 aromatic carbocycles.